The van der Waals surface area contributed by atoms with Crippen LogP contribution in [0.25, 0.3) is 11.3 Å². The number of rotatable bonds is 3. The molecular formula is C24H25N3O3S. The third kappa shape index (κ3) is 3.19. The van der Waals surface area contributed by atoms with Crippen LogP contribution in [0.1, 0.15) is 42.0 Å². The molecule has 0 saturated heterocycles. The number of H-pyrrole nitrogens is 1. The lowest BCUT2D eigenvalue weighted by molar-refractivity contribution is 0.583. The van der Waals surface area contributed by atoms with Crippen LogP contribution in [0.3, 0.4) is 0 Å². The average Bonchev–Trinajstić information content (AvgIpc) is 3.11. The summed E-state index contributed by atoms with van der Waals surface area (Å²) in [6.45, 7) is 3.76. The molecule has 2 aromatic carbocycles. The minimum Gasteiger partial charge on any atom is -0.268 e. The van der Waals surface area contributed by atoms with Crippen LogP contribution in [-0.4, -0.2) is 24.7 Å². The van der Waals surface area contributed by atoms with Crippen molar-refractivity contribution in [3.05, 3.63) is 75.1 Å². The fourth-order valence-corrected chi connectivity index (χ4v) is 6.88. The summed E-state index contributed by atoms with van der Waals surface area (Å²) in [4.78, 5) is 12.5. The second-order valence-corrected chi connectivity index (χ2v) is 10.3. The third-order valence-electron chi connectivity index (χ3n) is 6.44. The summed E-state index contributed by atoms with van der Waals surface area (Å²) in [7, 11) is -3.76. The van der Waals surface area contributed by atoms with Gasteiger partial charge in [-0.1, -0.05) is 30.3 Å². The lowest BCUT2D eigenvalue weighted by Gasteiger charge is -2.26. The monoisotopic (exact) mass is 435 g/mol. The molecule has 1 aliphatic heterocycles. The van der Waals surface area contributed by atoms with Gasteiger partial charge in [0.15, 0.2) is 0 Å². The van der Waals surface area contributed by atoms with Gasteiger partial charge < -0.3 is 0 Å². The number of sulfonamides is 1. The highest BCUT2D eigenvalue weighted by molar-refractivity contribution is 7.93. The number of para-hydroxylation sites is 1. The van der Waals surface area contributed by atoms with Crippen LogP contribution in [0, 0.1) is 6.92 Å². The lowest BCUT2D eigenvalue weighted by Crippen LogP contribution is -2.36. The van der Waals surface area contributed by atoms with Crippen LogP contribution in [0.5, 0.6) is 0 Å². The Balaban J connectivity index is 1.65. The predicted molar refractivity (Wildman–Crippen MR) is 121 cm³/mol. The molecule has 0 saturated carbocycles. The zero-order valence-electron chi connectivity index (χ0n) is 17.7. The van der Waals surface area contributed by atoms with E-state index < -0.39 is 10.0 Å². The number of nitrogens with zero attached hydrogens (tertiary/aromatic N) is 2. The summed E-state index contributed by atoms with van der Waals surface area (Å²) in [5.74, 6) is 0. The molecular weight excluding hydrogens is 410 g/mol. The largest absolute Gasteiger partial charge is 0.268 e. The normalized spacial score (nSPS) is 18.0. The maximum Gasteiger partial charge on any atom is 0.267 e. The number of fused-ring (bicyclic) bond motifs is 2. The predicted octanol–water partition coefficient (Wildman–Crippen LogP) is 3.76. The Morgan fingerprint density at radius 2 is 1.81 bits per heavy atom. The minimum atomic E-state index is -3.76. The molecule has 7 heteroatoms. The van der Waals surface area contributed by atoms with Gasteiger partial charge in [-0.25, -0.2) is 13.5 Å². The SMILES string of the molecule is Cc1ccc(-c2n[nH]c(=O)c3c2CCCC3)cc1S(=O)(=O)N1c2ccccc2C[C@@H]1C. The number of hydrogen-bond acceptors (Lipinski definition) is 4. The quantitative estimate of drug-likeness (QED) is 0.679. The molecule has 1 N–H and O–H groups in total. The molecule has 0 amide bonds. The van der Waals surface area contributed by atoms with Crippen molar-refractivity contribution in [2.24, 2.45) is 0 Å². The van der Waals surface area contributed by atoms with E-state index >= 15 is 0 Å². The third-order valence-corrected chi connectivity index (χ3v) is 8.51. The van der Waals surface area contributed by atoms with E-state index in [-0.39, 0.29) is 16.5 Å². The fourth-order valence-electron chi connectivity index (χ4n) is 4.93. The first-order valence-electron chi connectivity index (χ1n) is 10.7. The first-order chi connectivity index (χ1) is 14.9. The molecule has 0 unspecified atom stereocenters. The summed E-state index contributed by atoms with van der Waals surface area (Å²) in [6, 6.07) is 13.0. The van der Waals surface area contributed by atoms with Gasteiger partial charge in [0.2, 0.25) is 0 Å². The number of aromatic nitrogens is 2. The highest BCUT2D eigenvalue weighted by Gasteiger charge is 2.36. The molecule has 31 heavy (non-hydrogen) atoms. The van der Waals surface area contributed by atoms with Gasteiger partial charge in [-0.2, -0.15) is 5.10 Å². The smallest absolute Gasteiger partial charge is 0.267 e. The lowest BCUT2D eigenvalue weighted by atomic mass is 9.90. The Bertz CT molecular complexity index is 1340. The molecule has 0 spiro atoms. The van der Waals surface area contributed by atoms with E-state index in [4.69, 9.17) is 0 Å². The average molecular weight is 436 g/mol. The molecule has 1 aromatic heterocycles. The van der Waals surface area contributed by atoms with Crippen molar-refractivity contribution in [2.45, 2.75) is 56.9 Å². The number of hydrogen-bond donors (Lipinski definition) is 1. The highest BCUT2D eigenvalue weighted by atomic mass is 32.2. The maximum atomic E-state index is 13.8. The molecule has 0 fully saturated rings. The molecule has 160 valence electrons. The molecule has 5 rings (SSSR count). The van der Waals surface area contributed by atoms with Crippen LogP contribution in [0.15, 0.2) is 52.2 Å². The molecule has 2 heterocycles. The molecule has 6 nitrogen and oxygen atoms in total. The summed E-state index contributed by atoms with van der Waals surface area (Å²) in [6.07, 6.45) is 4.21. The van der Waals surface area contributed by atoms with Crippen molar-refractivity contribution in [3.63, 3.8) is 0 Å². The van der Waals surface area contributed by atoms with E-state index in [1.54, 1.807) is 10.4 Å². The standard InChI is InChI=1S/C24H25N3O3S/c1-15-11-12-18(23-19-8-4-5-9-20(19)24(28)26-25-23)14-22(15)31(29,30)27-16(2)13-17-7-3-6-10-21(17)27/h3,6-7,10-12,14,16H,4-5,8-9,13H2,1-2H3,(H,26,28)/t16-/m0/s1. The Hall–Kier alpha value is -2.93. The van der Waals surface area contributed by atoms with Gasteiger partial charge in [0.1, 0.15) is 0 Å². The molecule has 1 atom stereocenters. The van der Waals surface area contributed by atoms with Crippen molar-refractivity contribution in [2.75, 3.05) is 4.31 Å². The van der Waals surface area contributed by atoms with E-state index in [2.05, 4.69) is 10.2 Å². The fraction of sp³-hybridized carbons (Fsp3) is 0.333. The van der Waals surface area contributed by atoms with Crippen LogP contribution in [-0.2, 0) is 29.3 Å². The second-order valence-electron chi connectivity index (χ2n) is 8.53. The summed E-state index contributed by atoms with van der Waals surface area (Å²) >= 11 is 0. The van der Waals surface area contributed by atoms with E-state index in [0.717, 1.165) is 53.6 Å². The highest BCUT2D eigenvalue weighted by Crippen LogP contribution is 2.38. The van der Waals surface area contributed by atoms with Crippen molar-refractivity contribution in [1.29, 1.82) is 0 Å². The van der Waals surface area contributed by atoms with E-state index in [9.17, 15) is 13.2 Å². The Morgan fingerprint density at radius 3 is 2.61 bits per heavy atom. The molecule has 0 radical (unpaired) electrons. The number of benzene rings is 2. The van der Waals surface area contributed by atoms with Crippen molar-refractivity contribution in [3.8, 4) is 11.3 Å². The van der Waals surface area contributed by atoms with E-state index in [1.165, 1.54) is 0 Å². The van der Waals surface area contributed by atoms with Gasteiger partial charge in [0.05, 0.1) is 16.3 Å². The van der Waals surface area contributed by atoms with Crippen molar-refractivity contribution in [1.82, 2.24) is 10.2 Å². The first kappa shape index (κ1) is 20.0. The molecule has 3 aromatic rings. The zero-order valence-corrected chi connectivity index (χ0v) is 18.5. The van der Waals surface area contributed by atoms with Crippen LogP contribution in [0.2, 0.25) is 0 Å². The van der Waals surface area contributed by atoms with E-state index in [0.29, 0.717) is 17.7 Å². The van der Waals surface area contributed by atoms with Gasteiger partial charge in [-0.15, -0.1) is 0 Å². The minimum absolute atomic E-state index is 0.138. The van der Waals surface area contributed by atoms with Gasteiger partial charge in [-0.05, 0) is 74.8 Å². The topological polar surface area (TPSA) is 83.1 Å². The summed E-state index contributed by atoms with van der Waals surface area (Å²) in [5.41, 5.74) is 5.48. The zero-order chi connectivity index (χ0) is 21.8. The molecule has 2 aliphatic rings. The van der Waals surface area contributed by atoms with Gasteiger partial charge in [-0.3, -0.25) is 9.10 Å². The molecule has 1 aliphatic carbocycles. The Kier molecular flexibility index (Phi) is 4.73. The van der Waals surface area contributed by atoms with Crippen molar-refractivity contribution < 1.29 is 8.42 Å². The number of anilines is 1. The van der Waals surface area contributed by atoms with Gasteiger partial charge in [0, 0.05) is 17.2 Å². The van der Waals surface area contributed by atoms with Crippen LogP contribution >= 0.6 is 0 Å². The van der Waals surface area contributed by atoms with Crippen LogP contribution in [0.4, 0.5) is 5.69 Å². The van der Waals surface area contributed by atoms with Gasteiger partial charge >= 0.3 is 0 Å². The first-order valence-corrected chi connectivity index (χ1v) is 12.2. The maximum absolute atomic E-state index is 13.8. The Labute approximate surface area is 182 Å². The second kappa shape index (κ2) is 7.34. The van der Waals surface area contributed by atoms with E-state index in [1.807, 2.05) is 50.2 Å². The van der Waals surface area contributed by atoms with Crippen LogP contribution < -0.4 is 9.86 Å². The van der Waals surface area contributed by atoms with Gasteiger partial charge in [0.25, 0.3) is 15.6 Å². The number of nitrogens with one attached hydrogen (secondary N) is 1. The summed E-state index contributed by atoms with van der Waals surface area (Å²) in [5, 5.41) is 6.93. The Morgan fingerprint density at radius 1 is 1.06 bits per heavy atom. The summed E-state index contributed by atoms with van der Waals surface area (Å²) < 4.78 is 29.2. The molecule has 0 bridgehead atoms. The number of aryl methyl sites for hydroxylation is 1. The van der Waals surface area contributed by atoms with Crippen molar-refractivity contribution >= 4 is 15.7 Å². The number of aromatic amines is 1.